The first-order valence-corrected chi connectivity index (χ1v) is 10.5. The maximum absolute atomic E-state index is 12.5. The smallest absolute Gasteiger partial charge is 0.259 e. The predicted molar refractivity (Wildman–Crippen MR) is 99.1 cm³/mol. The minimum Gasteiger partial charge on any atom is -0.310 e. The molecule has 0 aliphatic carbocycles. The Morgan fingerprint density at radius 2 is 2.22 bits per heavy atom. The van der Waals surface area contributed by atoms with Crippen molar-refractivity contribution in [2.75, 3.05) is 5.75 Å². The van der Waals surface area contributed by atoms with Crippen molar-refractivity contribution in [1.29, 1.82) is 0 Å². The van der Waals surface area contributed by atoms with Gasteiger partial charge in [0.2, 0.25) is 0 Å². The SMILES string of the molecule is CC(C)c1nc(Cc2nc3sc4c(c3c(=O)[nH]2)CCSC4)cs1. The second kappa shape index (κ2) is 6.03. The fourth-order valence-corrected chi connectivity index (χ4v) is 6.01. The summed E-state index contributed by atoms with van der Waals surface area (Å²) in [7, 11) is 0. The van der Waals surface area contributed by atoms with E-state index in [1.54, 1.807) is 22.7 Å². The first-order valence-electron chi connectivity index (χ1n) is 7.67. The zero-order valence-electron chi connectivity index (χ0n) is 13.0. The number of hydrogen-bond donors (Lipinski definition) is 1. The van der Waals surface area contributed by atoms with E-state index in [2.05, 4.69) is 29.2 Å². The number of aryl methyl sites for hydroxylation is 1. The van der Waals surface area contributed by atoms with Gasteiger partial charge in [0.05, 0.1) is 16.1 Å². The Labute approximate surface area is 146 Å². The lowest BCUT2D eigenvalue weighted by molar-refractivity contribution is 0.836. The lowest BCUT2D eigenvalue weighted by atomic mass is 10.1. The summed E-state index contributed by atoms with van der Waals surface area (Å²) in [5, 5.41) is 4.01. The topological polar surface area (TPSA) is 58.6 Å². The monoisotopic (exact) mass is 363 g/mol. The van der Waals surface area contributed by atoms with Gasteiger partial charge in [-0.05, 0) is 17.7 Å². The molecule has 120 valence electrons. The van der Waals surface area contributed by atoms with E-state index in [-0.39, 0.29) is 5.56 Å². The van der Waals surface area contributed by atoms with E-state index >= 15 is 0 Å². The van der Waals surface area contributed by atoms with Gasteiger partial charge in [0.1, 0.15) is 10.7 Å². The van der Waals surface area contributed by atoms with Crippen molar-refractivity contribution in [1.82, 2.24) is 15.0 Å². The largest absolute Gasteiger partial charge is 0.310 e. The molecule has 0 fully saturated rings. The highest BCUT2D eigenvalue weighted by atomic mass is 32.2. The summed E-state index contributed by atoms with van der Waals surface area (Å²) in [6.07, 6.45) is 1.57. The van der Waals surface area contributed by atoms with Crippen molar-refractivity contribution < 1.29 is 0 Å². The third kappa shape index (κ3) is 2.86. The molecule has 0 spiro atoms. The fraction of sp³-hybridized carbons (Fsp3) is 0.438. The average molecular weight is 364 g/mol. The number of hydrogen-bond acceptors (Lipinski definition) is 6. The van der Waals surface area contributed by atoms with Gasteiger partial charge in [0, 0.05) is 28.3 Å². The third-order valence-electron chi connectivity index (χ3n) is 3.94. The molecule has 1 N–H and O–H groups in total. The molecular weight excluding hydrogens is 346 g/mol. The number of rotatable bonds is 3. The highest BCUT2D eigenvalue weighted by molar-refractivity contribution is 7.98. The molecule has 0 atom stereocenters. The molecule has 4 heterocycles. The van der Waals surface area contributed by atoms with Crippen LogP contribution in [0.15, 0.2) is 10.2 Å². The van der Waals surface area contributed by atoms with Crippen LogP contribution in [0, 0.1) is 0 Å². The first-order chi connectivity index (χ1) is 11.1. The molecule has 4 rings (SSSR count). The van der Waals surface area contributed by atoms with Gasteiger partial charge in [-0.2, -0.15) is 11.8 Å². The second-order valence-corrected chi connectivity index (χ2v) is 9.09. The Bertz CT molecular complexity index is 922. The van der Waals surface area contributed by atoms with E-state index in [1.807, 2.05) is 11.8 Å². The maximum atomic E-state index is 12.5. The molecule has 23 heavy (non-hydrogen) atoms. The maximum Gasteiger partial charge on any atom is 0.259 e. The molecular formula is C16H17N3OS3. The van der Waals surface area contributed by atoms with Crippen LogP contribution in [0.2, 0.25) is 0 Å². The number of thiophene rings is 1. The number of thiazole rings is 1. The van der Waals surface area contributed by atoms with E-state index in [4.69, 9.17) is 4.98 Å². The summed E-state index contributed by atoms with van der Waals surface area (Å²) in [5.41, 5.74) is 2.21. The second-order valence-electron chi connectivity index (χ2n) is 6.01. The Morgan fingerprint density at radius 1 is 1.35 bits per heavy atom. The van der Waals surface area contributed by atoms with Crippen molar-refractivity contribution in [2.45, 2.75) is 38.4 Å². The number of nitrogens with zero attached hydrogens (tertiary/aromatic N) is 2. The molecule has 3 aromatic rings. The molecule has 1 aliphatic heterocycles. The van der Waals surface area contributed by atoms with Gasteiger partial charge < -0.3 is 4.98 Å². The Kier molecular flexibility index (Phi) is 4.03. The minimum absolute atomic E-state index is 0.00807. The van der Waals surface area contributed by atoms with E-state index in [9.17, 15) is 4.79 Å². The zero-order valence-corrected chi connectivity index (χ0v) is 15.5. The van der Waals surface area contributed by atoms with Crippen molar-refractivity contribution in [3.63, 3.8) is 0 Å². The number of thioether (sulfide) groups is 1. The molecule has 1 aliphatic rings. The van der Waals surface area contributed by atoms with Gasteiger partial charge in [-0.3, -0.25) is 4.79 Å². The van der Waals surface area contributed by atoms with Crippen LogP contribution in [0.25, 0.3) is 10.2 Å². The van der Waals surface area contributed by atoms with Crippen LogP contribution in [0.1, 0.15) is 46.7 Å². The van der Waals surface area contributed by atoms with Crippen LogP contribution in [0.4, 0.5) is 0 Å². The van der Waals surface area contributed by atoms with E-state index in [1.165, 1.54) is 10.4 Å². The number of H-pyrrole nitrogens is 1. The summed E-state index contributed by atoms with van der Waals surface area (Å²) in [4.78, 5) is 27.0. The summed E-state index contributed by atoms with van der Waals surface area (Å²) in [6, 6.07) is 0. The zero-order chi connectivity index (χ0) is 16.0. The molecule has 0 saturated heterocycles. The Balaban J connectivity index is 1.72. The summed E-state index contributed by atoms with van der Waals surface area (Å²) in [5.74, 6) is 3.25. The molecule has 0 aromatic carbocycles. The number of aromatic nitrogens is 3. The van der Waals surface area contributed by atoms with Crippen molar-refractivity contribution in [3.05, 3.63) is 42.7 Å². The van der Waals surface area contributed by atoms with E-state index < -0.39 is 0 Å². The van der Waals surface area contributed by atoms with Gasteiger partial charge >= 0.3 is 0 Å². The van der Waals surface area contributed by atoms with Gasteiger partial charge in [-0.15, -0.1) is 22.7 Å². The summed E-state index contributed by atoms with van der Waals surface area (Å²) in [6.45, 7) is 4.28. The molecule has 7 heteroatoms. The highest BCUT2D eigenvalue weighted by Gasteiger charge is 2.20. The molecule has 0 unspecified atom stereocenters. The number of aromatic amines is 1. The molecule has 0 saturated carbocycles. The van der Waals surface area contributed by atoms with Gasteiger partial charge in [0.15, 0.2) is 0 Å². The predicted octanol–water partition coefficient (Wildman–Crippen LogP) is 3.94. The van der Waals surface area contributed by atoms with Crippen LogP contribution >= 0.6 is 34.4 Å². The Hall–Kier alpha value is -1.18. The quantitative estimate of drug-likeness (QED) is 0.765. The van der Waals surface area contributed by atoms with Crippen LogP contribution in [-0.2, 0) is 18.6 Å². The van der Waals surface area contributed by atoms with Gasteiger partial charge in [-0.1, -0.05) is 13.8 Å². The minimum atomic E-state index is 0.00807. The van der Waals surface area contributed by atoms with E-state index in [0.717, 1.165) is 38.8 Å². The molecule has 4 nitrogen and oxygen atoms in total. The normalized spacial score (nSPS) is 14.6. The van der Waals surface area contributed by atoms with E-state index in [0.29, 0.717) is 18.2 Å². The molecule has 0 bridgehead atoms. The van der Waals surface area contributed by atoms with Gasteiger partial charge in [0.25, 0.3) is 5.56 Å². The Morgan fingerprint density at radius 3 is 3.00 bits per heavy atom. The summed E-state index contributed by atoms with van der Waals surface area (Å²) < 4.78 is 0. The van der Waals surface area contributed by atoms with Crippen LogP contribution < -0.4 is 5.56 Å². The van der Waals surface area contributed by atoms with Crippen molar-refractivity contribution in [3.8, 4) is 0 Å². The summed E-state index contributed by atoms with van der Waals surface area (Å²) >= 11 is 5.29. The standard InChI is InChI=1S/C16H17N3OS3/c1-8(2)15-17-9(6-22-15)5-12-18-14(20)13-10-3-4-21-7-11(10)23-16(13)19-12/h6,8H,3-5,7H2,1-2H3,(H,18,19,20). The molecule has 0 radical (unpaired) electrons. The lowest BCUT2D eigenvalue weighted by Gasteiger charge is -2.09. The number of fused-ring (bicyclic) bond motifs is 3. The van der Waals surface area contributed by atoms with Crippen molar-refractivity contribution >= 4 is 44.7 Å². The van der Waals surface area contributed by atoms with Crippen LogP contribution in [0.3, 0.4) is 0 Å². The van der Waals surface area contributed by atoms with Gasteiger partial charge in [-0.25, -0.2) is 9.97 Å². The van der Waals surface area contributed by atoms with Crippen molar-refractivity contribution in [2.24, 2.45) is 0 Å². The molecule has 3 aromatic heterocycles. The average Bonchev–Trinajstić information content (AvgIpc) is 3.11. The fourth-order valence-electron chi connectivity index (χ4n) is 2.80. The third-order valence-corrected chi connectivity index (χ3v) is 7.42. The lowest BCUT2D eigenvalue weighted by Crippen LogP contribution is -2.13. The first kappa shape index (κ1) is 15.4. The number of nitrogens with one attached hydrogen (secondary N) is 1. The molecule has 0 amide bonds. The van der Waals surface area contributed by atoms with Crippen LogP contribution in [0.5, 0.6) is 0 Å². The van der Waals surface area contributed by atoms with Crippen LogP contribution in [-0.4, -0.2) is 20.7 Å². The highest BCUT2D eigenvalue weighted by Crippen LogP contribution is 2.35.